The predicted molar refractivity (Wildman–Crippen MR) is 66.0 cm³/mol. The molecule has 0 aromatic carbocycles. The summed E-state index contributed by atoms with van der Waals surface area (Å²) in [7, 11) is 3.57. The molecule has 0 saturated heterocycles. The van der Waals surface area contributed by atoms with E-state index in [-0.39, 0.29) is 5.60 Å². The minimum atomic E-state index is -0.167. The zero-order chi connectivity index (χ0) is 12.7. The van der Waals surface area contributed by atoms with Gasteiger partial charge in [0.15, 0.2) is 0 Å². The summed E-state index contributed by atoms with van der Waals surface area (Å²) in [5, 5.41) is 11.0. The molecule has 1 rings (SSSR count). The zero-order valence-corrected chi connectivity index (χ0v) is 11.0. The van der Waals surface area contributed by atoms with Crippen LogP contribution in [0.25, 0.3) is 0 Å². The second-order valence-corrected chi connectivity index (χ2v) is 4.46. The molecule has 96 valence electrons. The van der Waals surface area contributed by atoms with Gasteiger partial charge in [0, 0.05) is 26.1 Å². The Morgan fingerprint density at radius 1 is 1.29 bits per heavy atom. The van der Waals surface area contributed by atoms with E-state index in [2.05, 4.69) is 15.5 Å². The molecule has 0 aliphatic carbocycles. The van der Waals surface area contributed by atoms with Crippen LogP contribution >= 0.6 is 0 Å². The van der Waals surface area contributed by atoms with E-state index in [1.54, 1.807) is 7.11 Å². The van der Waals surface area contributed by atoms with Crippen molar-refractivity contribution in [2.45, 2.75) is 32.4 Å². The van der Waals surface area contributed by atoms with Gasteiger partial charge < -0.3 is 14.8 Å². The third-order valence-corrected chi connectivity index (χ3v) is 2.56. The van der Waals surface area contributed by atoms with E-state index < -0.39 is 0 Å². The van der Waals surface area contributed by atoms with E-state index in [1.807, 2.05) is 33.0 Å². The molecule has 5 heteroatoms. The van der Waals surface area contributed by atoms with Gasteiger partial charge in [-0.25, -0.2) is 0 Å². The Labute approximate surface area is 103 Å². The van der Waals surface area contributed by atoms with Gasteiger partial charge in [-0.15, -0.1) is 5.10 Å². The molecule has 0 fully saturated rings. The third-order valence-electron chi connectivity index (χ3n) is 2.56. The van der Waals surface area contributed by atoms with Crippen molar-refractivity contribution < 1.29 is 9.47 Å². The van der Waals surface area contributed by atoms with Gasteiger partial charge in [-0.1, -0.05) is 0 Å². The maximum Gasteiger partial charge on any atom is 0.233 e. The van der Waals surface area contributed by atoms with Crippen LogP contribution in [0.2, 0.25) is 0 Å². The Morgan fingerprint density at radius 3 is 2.59 bits per heavy atom. The molecule has 0 aliphatic heterocycles. The third kappa shape index (κ3) is 5.10. The lowest BCUT2D eigenvalue weighted by Gasteiger charge is -2.22. The van der Waals surface area contributed by atoms with E-state index in [4.69, 9.17) is 9.47 Å². The SMILES string of the molecule is CNCc1ccc(OCCC(C)(C)OC)nn1. The highest BCUT2D eigenvalue weighted by Gasteiger charge is 2.16. The van der Waals surface area contributed by atoms with E-state index in [9.17, 15) is 0 Å². The Morgan fingerprint density at radius 2 is 2.06 bits per heavy atom. The number of nitrogens with one attached hydrogen (secondary N) is 1. The van der Waals surface area contributed by atoms with E-state index >= 15 is 0 Å². The van der Waals surface area contributed by atoms with Gasteiger partial charge in [-0.3, -0.25) is 0 Å². The van der Waals surface area contributed by atoms with Crippen LogP contribution in [-0.4, -0.2) is 36.6 Å². The first-order valence-electron chi connectivity index (χ1n) is 5.72. The molecule has 1 aromatic rings. The zero-order valence-electron chi connectivity index (χ0n) is 11.0. The van der Waals surface area contributed by atoms with Crippen molar-refractivity contribution in [2.24, 2.45) is 0 Å². The molecule has 5 nitrogen and oxygen atoms in total. The molecular weight excluding hydrogens is 218 g/mol. The molecule has 0 aliphatic rings. The van der Waals surface area contributed by atoms with E-state index in [0.29, 0.717) is 19.0 Å². The number of aromatic nitrogens is 2. The number of nitrogens with zero attached hydrogens (tertiary/aromatic N) is 2. The van der Waals surface area contributed by atoms with Gasteiger partial charge in [0.2, 0.25) is 5.88 Å². The molecule has 0 radical (unpaired) electrons. The van der Waals surface area contributed by atoms with E-state index in [0.717, 1.165) is 12.1 Å². The summed E-state index contributed by atoms with van der Waals surface area (Å²) < 4.78 is 10.8. The van der Waals surface area contributed by atoms with Crippen molar-refractivity contribution in [3.8, 4) is 5.88 Å². The van der Waals surface area contributed by atoms with Crippen molar-refractivity contribution >= 4 is 0 Å². The minimum absolute atomic E-state index is 0.167. The smallest absolute Gasteiger partial charge is 0.233 e. The average Bonchev–Trinajstić information content (AvgIpc) is 2.32. The summed E-state index contributed by atoms with van der Waals surface area (Å²) in [6.45, 7) is 5.33. The van der Waals surface area contributed by atoms with Crippen molar-refractivity contribution in [3.05, 3.63) is 17.8 Å². The lowest BCUT2D eigenvalue weighted by molar-refractivity contribution is 0.00500. The molecule has 1 aromatic heterocycles. The lowest BCUT2D eigenvalue weighted by Crippen LogP contribution is -2.25. The largest absolute Gasteiger partial charge is 0.476 e. The Kier molecular flexibility index (Phi) is 5.31. The number of hydrogen-bond acceptors (Lipinski definition) is 5. The molecule has 1 heterocycles. The van der Waals surface area contributed by atoms with Gasteiger partial charge in [-0.05, 0) is 27.0 Å². The van der Waals surface area contributed by atoms with Gasteiger partial charge in [-0.2, -0.15) is 5.10 Å². The van der Waals surface area contributed by atoms with Crippen LogP contribution in [0.15, 0.2) is 12.1 Å². The lowest BCUT2D eigenvalue weighted by atomic mass is 10.1. The summed E-state index contributed by atoms with van der Waals surface area (Å²) in [5.74, 6) is 0.553. The number of hydrogen-bond donors (Lipinski definition) is 1. The number of ether oxygens (including phenoxy) is 2. The van der Waals surface area contributed by atoms with Crippen LogP contribution in [0.3, 0.4) is 0 Å². The monoisotopic (exact) mass is 239 g/mol. The maximum absolute atomic E-state index is 5.50. The van der Waals surface area contributed by atoms with Crippen LogP contribution < -0.4 is 10.1 Å². The fourth-order valence-corrected chi connectivity index (χ4v) is 1.20. The highest BCUT2D eigenvalue weighted by Crippen LogP contribution is 2.13. The van der Waals surface area contributed by atoms with Crippen LogP contribution in [0.4, 0.5) is 0 Å². The Bertz CT molecular complexity index is 325. The summed E-state index contributed by atoms with van der Waals surface area (Å²) in [4.78, 5) is 0. The maximum atomic E-state index is 5.50. The first kappa shape index (κ1) is 13.9. The second kappa shape index (κ2) is 6.51. The van der Waals surface area contributed by atoms with Crippen LogP contribution in [0.1, 0.15) is 26.0 Å². The predicted octanol–water partition coefficient (Wildman–Crippen LogP) is 1.39. The number of methoxy groups -OCH3 is 1. The van der Waals surface area contributed by atoms with Crippen molar-refractivity contribution in [3.63, 3.8) is 0 Å². The summed E-state index contributed by atoms with van der Waals surface area (Å²) in [6, 6.07) is 3.74. The topological polar surface area (TPSA) is 56.3 Å². The molecule has 0 bridgehead atoms. The Hall–Kier alpha value is -1.20. The van der Waals surface area contributed by atoms with Crippen LogP contribution in [0, 0.1) is 0 Å². The highest BCUT2D eigenvalue weighted by atomic mass is 16.5. The average molecular weight is 239 g/mol. The van der Waals surface area contributed by atoms with Gasteiger partial charge in [0.1, 0.15) is 0 Å². The first-order chi connectivity index (χ1) is 8.07. The van der Waals surface area contributed by atoms with E-state index in [1.165, 1.54) is 0 Å². The van der Waals surface area contributed by atoms with Crippen molar-refractivity contribution in [1.82, 2.24) is 15.5 Å². The molecule has 0 spiro atoms. The van der Waals surface area contributed by atoms with Crippen LogP contribution in [0.5, 0.6) is 5.88 Å². The van der Waals surface area contributed by atoms with Gasteiger partial charge in [0.25, 0.3) is 0 Å². The molecule has 0 saturated carbocycles. The first-order valence-corrected chi connectivity index (χ1v) is 5.72. The molecule has 0 amide bonds. The van der Waals surface area contributed by atoms with Gasteiger partial charge in [0.05, 0.1) is 17.9 Å². The summed E-state index contributed by atoms with van der Waals surface area (Å²) in [5.41, 5.74) is 0.733. The summed E-state index contributed by atoms with van der Waals surface area (Å²) >= 11 is 0. The highest BCUT2D eigenvalue weighted by molar-refractivity contribution is 5.11. The molecular formula is C12H21N3O2. The summed E-state index contributed by atoms with van der Waals surface area (Å²) in [6.07, 6.45) is 0.809. The number of rotatable bonds is 7. The molecule has 0 atom stereocenters. The normalized spacial score (nSPS) is 11.5. The van der Waals surface area contributed by atoms with Crippen LogP contribution in [-0.2, 0) is 11.3 Å². The minimum Gasteiger partial charge on any atom is -0.476 e. The fraction of sp³-hybridized carbons (Fsp3) is 0.667. The molecule has 17 heavy (non-hydrogen) atoms. The molecule has 1 N–H and O–H groups in total. The molecule has 0 unspecified atom stereocenters. The second-order valence-electron chi connectivity index (χ2n) is 4.46. The quantitative estimate of drug-likeness (QED) is 0.779. The van der Waals surface area contributed by atoms with Gasteiger partial charge >= 0.3 is 0 Å². The fourth-order valence-electron chi connectivity index (χ4n) is 1.20. The van der Waals surface area contributed by atoms with Crippen molar-refractivity contribution in [1.29, 1.82) is 0 Å². The van der Waals surface area contributed by atoms with Crippen molar-refractivity contribution in [2.75, 3.05) is 20.8 Å². The standard InChI is InChI=1S/C12H21N3O2/c1-12(2,16-4)7-8-17-11-6-5-10(9-13-3)14-15-11/h5-6,13H,7-9H2,1-4H3. The Balaban J connectivity index is 2.37.